The highest BCUT2D eigenvalue weighted by atomic mass is 79.9. The molecule has 0 atom stereocenters. The van der Waals surface area contributed by atoms with E-state index in [1.54, 1.807) is 10.7 Å². The van der Waals surface area contributed by atoms with Gasteiger partial charge >= 0.3 is 0 Å². The minimum Gasteiger partial charge on any atom is -0.258 e. The summed E-state index contributed by atoms with van der Waals surface area (Å²) in [6.45, 7) is 0. The molecule has 0 radical (unpaired) electrons. The molecule has 0 spiro atoms. The lowest BCUT2D eigenvalue weighted by Crippen LogP contribution is -1.96. The lowest BCUT2D eigenvalue weighted by Gasteiger charge is -2.02. The van der Waals surface area contributed by atoms with E-state index in [-0.39, 0.29) is 5.69 Å². The standard InChI is InChI=1S/C13H8BrN3O2/c14-13-11-7-6-10(17(18)19)8-12(11)16(15-13)9-4-2-1-3-5-9/h1-8H. The Hall–Kier alpha value is -2.21. The molecule has 0 amide bonds. The van der Waals surface area contributed by atoms with E-state index >= 15 is 0 Å². The number of nitrogens with zero attached hydrogens (tertiary/aromatic N) is 3. The van der Waals surface area contributed by atoms with E-state index in [2.05, 4.69) is 21.0 Å². The second-order valence-electron chi connectivity index (χ2n) is 4.00. The summed E-state index contributed by atoms with van der Waals surface area (Å²) in [6, 6.07) is 14.2. The van der Waals surface area contributed by atoms with E-state index in [0.717, 1.165) is 11.1 Å². The molecule has 0 aliphatic rings. The Morgan fingerprint density at radius 2 is 1.89 bits per heavy atom. The third-order valence-corrected chi connectivity index (χ3v) is 3.42. The second kappa shape index (κ2) is 4.47. The van der Waals surface area contributed by atoms with E-state index < -0.39 is 4.92 Å². The molecule has 0 aliphatic carbocycles. The fourth-order valence-electron chi connectivity index (χ4n) is 1.94. The van der Waals surface area contributed by atoms with E-state index in [0.29, 0.717) is 10.1 Å². The van der Waals surface area contributed by atoms with Crippen LogP contribution >= 0.6 is 15.9 Å². The molecule has 1 heterocycles. The number of non-ortho nitro benzene ring substituents is 1. The number of rotatable bonds is 2. The van der Waals surface area contributed by atoms with Gasteiger partial charge in [0.05, 0.1) is 16.1 Å². The van der Waals surface area contributed by atoms with Crippen LogP contribution in [0.4, 0.5) is 5.69 Å². The van der Waals surface area contributed by atoms with Gasteiger partial charge in [0.2, 0.25) is 0 Å². The maximum atomic E-state index is 10.9. The highest BCUT2D eigenvalue weighted by molar-refractivity contribution is 9.10. The summed E-state index contributed by atoms with van der Waals surface area (Å²) in [6.07, 6.45) is 0. The topological polar surface area (TPSA) is 61.0 Å². The van der Waals surface area contributed by atoms with Gasteiger partial charge in [-0.3, -0.25) is 10.1 Å². The first-order chi connectivity index (χ1) is 9.16. The van der Waals surface area contributed by atoms with Crippen molar-refractivity contribution >= 4 is 32.5 Å². The Morgan fingerprint density at radius 3 is 2.58 bits per heavy atom. The Labute approximate surface area is 116 Å². The van der Waals surface area contributed by atoms with Crippen LogP contribution in [-0.2, 0) is 0 Å². The first-order valence-corrected chi connectivity index (χ1v) is 6.34. The molecule has 1 aromatic heterocycles. The van der Waals surface area contributed by atoms with E-state index in [1.807, 2.05) is 30.3 Å². The van der Waals surface area contributed by atoms with E-state index in [9.17, 15) is 10.1 Å². The molecule has 3 aromatic rings. The fraction of sp³-hybridized carbons (Fsp3) is 0. The largest absolute Gasteiger partial charge is 0.271 e. The van der Waals surface area contributed by atoms with Crippen LogP contribution in [0.3, 0.4) is 0 Å². The molecule has 0 unspecified atom stereocenters. The molecule has 94 valence electrons. The Kier molecular flexibility index (Phi) is 2.79. The van der Waals surface area contributed by atoms with Gasteiger partial charge < -0.3 is 0 Å². The van der Waals surface area contributed by atoms with Crippen molar-refractivity contribution in [2.75, 3.05) is 0 Å². The maximum absolute atomic E-state index is 10.9. The van der Waals surface area contributed by atoms with E-state index in [1.165, 1.54) is 12.1 Å². The summed E-state index contributed by atoms with van der Waals surface area (Å²) in [4.78, 5) is 10.5. The van der Waals surface area contributed by atoms with Crippen molar-refractivity contribution in [2.24, 2.45) is 0 Å². The van der Waals surface area contributed by atoms with Crippen molar-refractivity contribution in [3.63, 3.8) is 0 Å². The fourth-order valence-corrected chi connectivity index (χ4v) is 2.44. The molecule has 0 saturated carbocycles. The SMILES string of the molecule is O=[N+]([O-])c1ccc2c(Br)nn(-c3ccccc3)c2c1. The molecule has 0 fully saturated rings. The van der Waals surface area contributed by atoms with Gasteiger partial charge in [0.1, 0.15) is 4.60 Å². The lowest BCUT2D eigenvalue weighted by molar-refractivity contribution is -0.384. The molecule has 5 nitrogen and oxygen atoms in total. The van der Waals surface area contributed by atoms with Gasteiger partial charge in [-0.2, -0.15) is 5.10 Å². The quantitative estimate of drug-likeness (QED) is 0.535. The van der Waals surface area contributed by atoms with Gasteiger partial charge in [-0.25, -0.2) is 4.68 Å². The Morgan fingerprint density at radius 1 is 1.16 bits per heavy atom. The molecule has 0 saturated heterocycles. The molecule has 0 bridgehead atoms. The Balaban J connectivity index is 2.30. The molecule has 3 rings (SSSR count). The zero-order valence-corrected chi connectivity index (χ0v) is 11.2. The number of nitro groups is 1. The highest BCUT2D eigenvalue weighted by Crippen LogP contribution is 2.28. The number of hydrogen-bond acceptors (Lipinski definition) is 3. The van der Waals surface area contributed by atoms with Gasteiger partial charge in [-0.1, -0.05) is 18.2 Å². The molecular weight excluding hydrogens is 310 g/mol. The van der Waals surface area contributed by atoms with E-state index in [4.69, 9.17) is 0 Å². The van der Waals surface area contributed by atoms with Gasteiger partial charge in [0.15, 0.2) is 0 Å². The molecule has 6 heteroatoms. The van der Waals surface area contributed by atoms with Crippen molar-refractivity contribution in [1.29, 1.82) is 0 Å². The smallest absolute Gasteiger partial charge is 0.258 e. The molecule has 0 N–H and O–H groups in total. The molecule has 19 heavy (non-hydrogen) atoms. The first-order valence-electron chi connectivity index (χ1n) is 5.55. The van der Waals surface area contributed by atoms with Crippen LogP contribution in [0.1, 0.15) is 0 Å². The van der Waals surface area contributed by atoms with Crippen LogP contribution in [0.2, 0.25) is 0 Å². The first kappa shape index (κ1) is 11.9. The number of fused-ring (bicyclic) bond motifs is 1. The Bertz CT molecular complexity index is 768. The summed E-state index contributed by atoms with van der Waals surface area (Å²) in [7, 11) is 0. The van der Waals surface area contributed by atoms with Crippen molar-refractivity contribution in [2.45, 2.75) is 0 Å². The summed E-state index contributed by atoms with van der Waals surface area (Å²) >= 11 is 3.37. The molecular formula is C13H8BrN3O2. The number of benzene rings is 2. The third kappa shape index (κ3) is 2.00. The minimum atomic E-state index is -0.407. The van der Waals surface area contributed by atoms with Gasteiger partial charge in [-0.05, 0) is 34.1 Å². The maximum Gasteiger partial charge on any atom is 0.271 e. The predicted octanol–water partition coefficient (Wildman–Crippen LogP) is 3.70. The minimum absolute atomic E-state index is 0.0529. The van der Waals surface area contributed by atoms with Crippen LogP contribution in [0.25, 0.3) is 16.6 Å². The van der Waals surface area contributed by atoms with Crippen LogP contribution in [0.5, 0.6) is 0 Å². The van der Waals surface area contributed by atoms with Crippen molar-refractivity contribution in [3.05, 3.63) is 63.2 Å². The molecule has 0 aliphatic heterocycles. The number of aromatic nitrogens is 2. The summed E-state index contributed by atoms with van der Waals surface area (Å²) in [5, 5.41) is 16.1. The number of hydrogen-bond donors (Lipinski definition) is 0. The zero-order chi connectivity index (χ0) is 13.4. The predicted molar refractivity (Wildman–Crippen MR) is 75.4 cm³/mol. The average Bonchev–Trinajstić information content (AvgIpc) is 2.77. The van der Waals surface area contributed by atoms with Crippen molar-refractivity contribution in [1.82, 2.24) is 9.78 Å². The lowest BCUT2D eigenvalue weighted by atomic mass is 10.2. The highest BCUT2D eigenvalue weighted by Gasteiger charge is 2.14. The number of halogens is 1. The zero-order valence-electron chi connectivity index (χ0n) is 9.65. The number of para-hydroxylation sites is 1. The summed E-state index contributed by atoms with van der Waals surface area (Å²) in [5.74, 6) is 0. The van der Waals surface area contributed by atoms with Gasteiger partial charge in [0, 0.05) is 17.5 Å². The summed E-state index contributed by atoms with van der Waals surface area (Å²) < 4.78 is 2.35. The normalized spacial score (nSPS) is 10.8. The van der Waals surface area contributed by atoms with Crippen LogP contribution in [0.15, 0.2) is 53.1 Å². The van der Waals surface area contributed by atoms with Crippen molar-refractivity contribution in [3.8, 4) is 5.69 Å². The average molecular weight is 318 g/mol. The summed E-state index contributed by atoms with van der Waals surface area (Å²) in [5.41, 5.74) is 1.61. The van der Waals surface area contributed by atoms with Crippen LogP contribution in [-0.4, -0.2) is 14.7 Å². The van der Waals surface area contributed by atoms with Gasteiger partial charge in [-0.15, -0.1) is 0 Å². The molecule has 2 aromatic carbocycles. The van der Waals surface area contributed by atoms with Crippen molar-refractivity contribution < 1.29 is 4.92 Å². The number of nitro benzene ring substituents is 1. The van der Waals surface area contributed by atoms with Crippen LogP contribution in [0, 0.1) is 10.1 Å². The van der Waals surface area contributed by atoms with Gasteiger partial charge in [0.25, 0.3) is 5.69 Å². The monoisotopic (exact) mass is 317 g/mol. The second-order valence-corrected chi connectivity index (χ2v) is 4.75. The van der Waals surface area contributed by atoms with Crippen LogP contribution < -0.4 is 0 Å². The third-order valence-electron chi connectivity index (χ3n) is 2.83.